The van der Waals surface area contributed by atoms with Crippen LogP contribution in [0.2, 0.25) is 0 Å². The van der Waals surface area contributed by atoms with Crippen molar-refractivity contribution in [3.63, 3.8) is 0 Å². The molecule has 2 N–H and O–H groups in total. The summed E-state index contributed by atoms with van der Waals surface area (Å²) in [5.74, 6) is 2.24. The lowest BCUT2D eigenvalue weighted by Crippen LogP contribution is -3.28. The molecule has 0 atom stereocenters. The number of hydrogen-bond acceptors (Lipinski definition) is 4. The summed E-state index contributed by atoms with van der Waals surface area (Å²) >= 11 is 0. The minimum atomic E-state index is 0.198. The molecule has 0 spiro atoms. The zero-order chi connectivity index (χ0) is 22.2. The summed E-state index contributed by atoms with van der Waals surface area (Å²) in [6.45, 7) is 6.06. The summed E-state index contributed by atoms with van der Waals surface area (Å²) < 4.78 is 16.5. The molecule has 1 heterocycles. The molecule has 1 aliphatic rings. The van der Waals surface area contributed by atoms with Gasteiger partial charge < -0.3 is 28.9 Å². The van der Waals surface area contributed by atoms with Gasteiger partial charge in [-0.3, -0.25) is 4.79 Å². The Balaban J connectivity index is 1.51. The number of amides is 1. The highest BCUT2D eigenvalue weighted by Crippen LogP contribution is 2.39. The van der Waals surface area contributed by atoms with Crippen molar-refractivity contribution in [2.45, 2.75) is 13.1 Å². The number of carbonyl (C=O) groups excluding carboxylic acids is 1. The first-order valence-corrected chi connectivity index (χ1v) is 10.8. The third-order valence-electron chi connectivity index (χ3n) is 5.98. The van der Waals surface area contributed by atoms with Gasteiger partial charge in [0.2, 0.25) is 5.75 Å². The van der Waals surface area contributed by atoms with E-state index in [1.54, 1.807) is 21.3 Å². The lowest BCUT2D eigenvalue weighted by molar-refractivity contribution is -1.02. The molecule has 0 saturated carbocycles. The lowest BCUT2D eigenvalue weighted by Gasteiger charge is -2.30. The van der Waals surface area contributed by atoms with Crippen LogP contribution >= 0.6 is 0 Å². The fourth-order valence-electron chi connectivity index (χ4n) is 4.18. The van der Waals surface area contributed by atoms with Crippen LogP contribution in [-0.2, 0) is 17.9 Å². The number of nitrogens with zero attached hydrogens (tertiary/aromatic N) is 1. The van der Waals surface area contributed by atoms with Gasteiger partial charge in [-0.05, 0) is 17.7 Å². The van der Waals surface area contributed by atoms with E-state index in [-0.39, 0.29) is 5.91 Å². The second-order valence-electron chi connectivity index (χ2n) is 8.08. The van der Waals surface area contributed by atoms with E-state index in [1.807, 2.05) is 36.2 Å². The predicted molar refractivity (Wildman–Crippen MR) is 119 cm³/mol. The maximum atomic E-state index is 12.7. The third-order valence-corrected chi connectivity index (χ3v) is 5.98. The highest BCUT2D eigenvalue weighted by atomic mass is 16.5. The van der Waals surface area contributed by atoms with Crippen molar-refractivity contribution >= 4 is 5.91 Å². The summed E-state index contributed by atoms with van der Waals surface area (Å²) in [4.78, 5) is 17.3. The molecule has 0 unspecified atom stereocenters. The first-order valence-electron chi connectivity index (χ1n) is 10.8. The zero-order valence-corrected chi connectivity index (χ0v) is 19.1. The van der Waals surface area contributed by atoms with Gasteiger partial charge in [-0.25, -0.2) is 0 Å². The number of carbonyl (C=O) groups is 1. The molecule has 0 bridgehead atoms. The molecule has 2 aromatic carbocycles. The van der Waals surface area contributed by atoms with Gasteiger partial charge in [-0.2, -0.15) is 0 Å². The van der Waals surface area contributed by atoms with Crippen LogP contribution in [0.15, 0.2) is 42.5 Å². The average Bonchev–Trinajstić information content (AvgIpc) is 2.80. The van der Waals surface area contributed by atoms with Crippen molar-refractivity contribution in [2.24, 2.45) is 0 Å². The molecule has 0 aromatic heterocycles. The summed E-state index contributed by atoms with van der Waals surface area (Å²) in [6, 6.07) is 14.1. The minimum absolute atomic E-state index is 0.198. The van der Waals surface area contributed by atoms with Gasteiger partial charge >= 0.3 is 0 Å². The van der Waals surface area contributed by atoms with Gasteiger partial charge in [-0.15, -0.1) is 0 Å². The lowest BCUT2D eigenvalue weighted by atomic mass is 10.1. The Bertz CT molecular complexity index is 851. The van der Waals surface area contributed by atoms with Crippen LogP contribution in [0.1, 0.15) is 11.1 Å². The number of piperazine rings is 1. The van der Waals surface area contributed by atoms with Gasteiger partial charge in [0.1, 0.15) is 32.7 Å². The maximum Gasteiger partial charge on any atom is 0.277 e. The van der Waals surface area contributed by atoms with E-state index in [0.29, 0.717) is 24.6 Å². The van der Waals surface area contributed by atoms with E-state index in [2.05, 4.69) is 18.2 Å². The normalized spacial score (nSPS) is 18.3. The number of ether oxygens (including phenoxy) is 3. The van der Waals surface area contributed by atoms with E-state index < -0.39 is 0 Å². The molecule has 0 radical (unpaired) electrons. The van der Waals surface area contributed by atoms with E-state index >= 15 is 0 Å². The minimum Gasteiger partial charge on any atom is -0.493 e. The predicted octanol–water partition coefficient (Wildman–Crippen LogP) is -0.346. The van der Waals surface area contributed by atoms with Crippen LogP contribution in [0, 0.1) is 0 Å². The van der Waals surface area contributed by atoms with Crippen LogP contribution in [-0.4, -0.2) is 71.9 Å². The second kappa shape index (κ2) is 11.0. The molecule has 3 rings (SSSR count). The molecule has 2 aromatic rings. The number of rotatable bonds is 9. The van der Waals surface area contributed by atoms with Crippen molar-refractivity contribution in [1.82, 2.24) is 4.90 Å². The average molecular weight is 430 g/mol. The van der Waals surface area contributed by atoms with E-state index in [0.717, 1.165) is 49.6 Å². The zero-order valence-electron chi connectivity index (χ0n) is 19.1. The molecule has 31 heavy (non-hydrogen) atoms. The molecule has 1 fully saturated rings. The summed E-state index contributed by atoms with van der Waals surface area (Å²) in [6.07, 6.45) is 0. The standard InChI is InChI=1S/C24H33N3O4/c1-25(16-19-8-6-5-7-9-19)22(28)18-27-14-12-26(13-15-27)17-20-10-11-21(29-2)24(31-4)23(20)30-3/h5-11H,12-18H2,1-4H3/p+2. The molecular weight excluding hydrogens is 394 g/mol. The highest BCUT2D eigenvalue weighted by Gasteiger charge is 2.27. The molecule has 7 heteroatoms. The van der Waals surface area contributed by atoms with Crippen LogP contribution in [0.5, 0.6) is 17.2 Å². The highest BCUT2D eigenvalue weighted by molar-refractivity contribution is 5.76. The smallest absolute Gasteiger partial charge is 0.277 e. The fourth-order valence-corrected chi connectivity index (χ4v) is 4.18. The number of nitrogens with one attached hydrogen (secondary N) is 2. The van der Waals surface area contributed by atoms with Crippen molar-refractivity contribution < 1.29 is 28.8 Å². The van der Waals surface area contributed by atoms with Crippen LogP contribution < -0.4 is 24.0 Å². The number of likely N-dealkylation sites (N-methyl/N-ethyl adjacent to an activating group) is 1. The van der Waals surface area contributed by atoms with Gasteiger partial charge in [0, 0.05) is 13.6 Å². The molecule has 168 valence electrons. The molecule has 1 aliphatic heterocycles. The number of quaternary nitrogens is 2. The summed E-state index contributed by atoms with van der Waals surface area (Å²) in [7, 11) is 6.81. The van der Waals surface area contributed by atoms with Gasteiger partial charge in [0.05, 0.1) is 26.9 Å². The largest absolute Gasteiger partial charge is 0.493 e. The number of benzene rings is 2. The van der Waals surface area contributed by atoms with E-state index in [9.17, 15) is 4.79 Å². The Hall–Kier alpha value is -2.77. The second-order valence-corrected chi connectivity index (χ2v) is 8.08. The fraction of sp³-hybridized carbons (Fsp3) is 0.458. The quantitative estimate of drug-likeness (QED) is 0.573. The van der Waals surface area contributed by atoms with Crippen LogP contribution in [0.3, 0.4) is 0 Å². The van der Waals surface area contributed by atoms with Crippen molar-refractivity contribution in [3.05, 3.63) is 53.6 Å². The molecular formula is C24H35N3O4+2. The number of methoxy groups -OCH3 is 3. The van der Waals surface area contributed by atoms with Crippen molar-refractivity contribution in [1.29, 1.82) is 0 Å². The van der Waals surface area contributed by atoms with Gasteiger partial charge in [0.15, 0.2) is 18.0 Å². The van der Waals surface area contributed by atoms with Gasteiger partial charge in [0.25, 0.3) is 5.91 Å². The third kappa shape index (κ3) is 5.89. The Labute approximate surface area is 185 Å². The number of hydrogen-bond donors (Lipinski definition) is 2. The topological polar surface area (TPSA) is 56.9 Å². The van der Waals surface area contributed by atoms with Crippen LogP contribution in [0.25, 0.3) is 0 Å². The van der Waals surface area contributed by atoms with E-state index in [4.69, 9.17) is 14.2 Å². The summed E-state index contributed by atoms with van der Waals surface area (Å²) in [5, 5.41) is 0. The monoisotopic (exact) mass is 429 g/mol. The first kappa shape index (κ1) is 22.9. The summed E-state index contributed by atoms with van der Waals surface area (Å²) in [5.41, 5.74) is 2.27. The Kier molecular flexibility index (Phi) is 8.14. The van der Waals surface area contributed by atoms with Crippen molar-refractivity contribution in [2.75, 3.05) is 61.1 Å². The Morgan fingerprint density at radius 2 is 1.52 bits per heavy atom. The molecule has 1 amide bonds. The molecule has 7 nitrogen and oxygen atoms in total. The molecule has 0 aliphatic carbocycles. The van der Waals surface area contributed by atoms with Gasteiger partial charge in [-0.1, -0.05) is 30.3 Å². The Morgan fingerprint density at radius 1 is 0.871 bits per heavy atom. The molecule has 1 saturated heterocycles. The Morgan fingerprint density at radius 3 is 2.13 bits per heavy atom. The maximum absolute atomic E-state index is 12.7. The van der Waals surface area contributed by atoms with E-state index in [1.165, 1.54) is 9.80 Å². The van der Waals surface area contributed by atoms with Crippen molar-refractivity contribution in [3.8, 4) is 17.2 Å². The SMILES string of the molecule is COc1ccc(C[NH+]2CC[NH+](CC(=O)N(C)Cc3ccccc3)CC2)c(OC)c1OC. The van der Waals surface area contributed by atoms with Crippen LogP contribution in [0.4, 0.5) is 0 Å². The first-order chi connectivity index (χ1) is 15.0.